The fraction of sp³-hybridized carbons (Fsp3) is 0.222. The highest BCUT2D eigenvalue weighted by molar-refractivity contribution is 6.29. The Morgan fingerprint density at radius 2 is 2.38 bits per heavy atom. The summed E-state index contributed by atoms with van der Waals surface area (Å²) in [6.45, 7) is 0. The van der Waals surface area contributed by atoms with Crippen LogP contribution in [0.15, 0.2) is 18.2 Å². The number of carboxylic acid groups (broad SMARTS) is 1. The van der Waals surface area contributed by atoms with Crippen molar-refractivity contribution in [3.05, 3.63) is 29.3 Å². The molecule has 1 aliphatic rings. The average Bonchev–Trinajstić information content (AvgIpc) is 2.17. The number of carboxylic acids is 1. The first kappa shape index (κ1) is 8.17. The second kappa shape index (κ2) is 3.13. The Balaban J connectivity index is 2.52. The lowest BCUT2D eigenvalue weighted by molar-refractivity contribution is 0.0694. The van der Waals surface area contributed by atoms with E-state index >= 15 is 0 Å². The Morgan fingerprint density at radius 1 is 1.54 bits per heavy atom. The summed E-state index contributed by atoms with van der Waals surface area (Å²) in [4.78, 5) is 10.8. The van der Waals surface area contributed by atoms with Gasteiger partial charge in [0.05, 0.1) is 5.56 Å². The van der Waals surface area contributed by atoms with E-state index in [-0.39, 0.29) is 5.56 Å². The Bertz CT molecular complexity index is 349. The van der Waals surface area contributed by atoms with Crippen molar-refractivity contribution in [1.29, 1.82) is 0 Å². The molecule has 66 valence electrons. The Kier molecular flexibility index (Phi) is 1.96. The van der Waals surface area contributed by atoms with Crippen molar-refractivity contribution in [2.75, 3.05) is 0 Å². The van der Waals surface area contributed by atoms with Gasteiger partial charge in [-0.25, -0.2) is 4.79 Å². The SMILES string of the molecule is O=C(O)c1cccc2c1OBCC2. The maximum Gasteiger partial charge on any atom is 0.340 e. The molecule has 2 rings (SSSR count). The van der Waals surface area contributed by atoms with Crippen LogP contribution in [0.2, 0.25) is 6.32 Å². The van der Waals surface area contributed by atoms with E-state index in [1.165, 1.54) is 0 Å². The molecular formula is C9H9BO3. The maximum absolute atomic E-state index is 10.8. The van der Waals surface area contributed by atoms with Gasteiger partial charge in [0.2, 0.25) is 0 Å². The van der Waals surface area contributed by atoms with E-state index in [2.05, 4.69) is 0 Å². The summed E-state index contributed by atoms with van der Waals surface area (Å²) in [6, 6.07) is 5.25. The van der Waals surface area contributed by atoms with Gasteiger partial charge in [-0.3, -0.25) is 0 Å². The van der Waals surface area contributed by atoms with E-state index in [1.54, 1.807) is 12.1 Å². The summed E-state index contributed by atoms with van der Waals surface area (Å²) < 4.78 is 5.34. The Labute approximate surface area is 76.6 Å². The monoisotopic (exact) mass is 176 g/mol. The molecule has 4 heteroatoms. The van der Waals surface area contributed by atoms with Crippen molar-refractivity contribution < 1.29 is 14.6 Å². The van der Waals surface area contributed by atoms with Crippen molar-refractivity contribution in [2.45, 2.75) is 12.7 Å². The van der Waals surface area contributed by atoms with Crippen LogP contribution in [-0.4, -0.2) is 18.6 Å². The van der Waals surface area contributed by atoms with Gasteiger partial charge >= 0.3 is 13.5 Å². The molecule has 1 heterocycles. The lowest BCUT2D eigenvalue weighted by atomic mass is 9.85. The molecule has 1 aliphatic heterocycles. The minimum absolute atomic E-state index is 0.275. The van der Waals surface area contributed by atoms with Gasteiger partial charge in [-0.2, -0.15) is 0 Å². The molecule has 13 heavy (non-hydrogen) atoms. The molecule has 0 amide bonds. The topological polar surface area (TPSA) is 46.5 Å². The van der Waals surface area contributed by atoms with Crippen molar-refractivity contribution >= 4 is 13.5 Å². The number of aryl methyl sites for hydroxylation is 1. The van der Waals surface area contributed by atoms with Gasteiger partial charge in [0.25, 0.3) is 0 Å². The van der Waals surface area contributed by atoms with Gasteiger partial charge in [0.15, 0.2) is 0 Å². The highest BCUT2D eigenvalue weighted by Gasteiger charge is 2.18. The summed E-state index contributed by atoms with van der Waals surface area (Å²) in [5, 5.41) is 8.86. The fourth-order valence-electron chi connectivity index (χ4n) is 1.56. The van der Waals surface area contributed by atoms with E-state index in [0.29, 0.717) is 13.2 Å². The third-order valence-electron chi connectivity index (χ3n) is 2.16. The number of carbonyl (C=O) groups is 1. The number of aromatic carboxylic acids is 1. The largest absolute Gasteiger partial charge is 0.564 e. The fourth-order valence-corrected chi connectivity index (χ4v) is 1.56. The van der Waals surface area contributed by atoms with Gasteiger partial charge in [-0.1, -0.05) is 12.1 Å². The number of benzene rings is 1. The van der Waals surface area contributed by atoms with Crippen molar-refractivity contribution in [2.24, 2.45) is 0 Å². The summed E-state index contributed by atoms with van der Waals surface area (Å²) in [5.74, 6) is -0.361. The summed E-state index contributed by atoms with van der Waals surface area (Å²) >= 11 is 0. The molecule has 0 bridgehead atoms. The third kappa shape index (κ3) is 1.39. The van der Waals surface area contributed by atoms with Crippen LogP contribution in [0.25, 0.3) is 0 Å². The molecule has 0 spiro atoms. The van der Waals surface area contributed by atoms with Crippen molar-refractivity contribution in [3.8, 4) is 5.75 Å². The zero-order valence-electron chi connectivity index (χ0n) is 7.12. The first-order valence-electron chi connectivity index (χ1n) is 4.27. The summed E-state index contributed by atoms with van der Waals surface area (Å²) in [6.07, 6.45) is 1.88. The molecule has 1 aromatic carbocycles. The average molecular weight is 176 g/mol. The number of hydrogen-bond acceptors (Lipinski definition) is 2. The van der Waals surface area contributed by atoms with Gasteiger partial charge in [0, 0.05) is 0 Å². The molecule has 1 aromatic rings. The lowest BCUT2D eigenvalue weighted by Gasteiger charge is -2.18. The molecule has 0 unspecified atom stereocenters. The van der Waals surface area contributed by atoms with E-state index < -0.39 is 5.97 Å². The van der Waals surface area contributed by atoms with Crippen LogP contribution in [0.5, 0.6) is 5.75 Å². The minimum Gasteiger partial charge on any atom is -0.564 e. The zero-order chi connectivity index (χ0) is 9.26. The molecule has 0 aromatic heterocycles. The number of para-hydroxylation sites is 1. The molecule has 0 fully saturated rings. The number of rotatable bonds is 1. The molecule has 0 saturated heterocycles. The minimum atomic E-state index is -0.918. The number of fused-ring (bicyclic) bond motifs is 1. The maximum atomic E-state index is 10.8. The normalized spacial score (nSPS) is 13.8. The van der Waals surface area contributed by atoms with Crippen molar-refractivity contribution in [3.63, 3.8) is 0 Å². The van der Waals surface area contributed by atoms with Crippen LogP contribution < -0.4 is 4.65 Å². The van der Waals surface area contributed by atoms with Crippen LogP contribution in [0.4, 0.5) is 0 Å². The third-order valence-corrected chi connectivity index (χ3v) is 2.16. The summed E-state index contributed by atoms with van der Waals surface area (Å²) in [7, 11) is 0.622. The van der Waals surface area contributed by atoms with Gasteiger partial charge < -0.3 is 9.76 Å². The lowest BCUT2D eigenvalue weighted by Crippen LogP contribution is -2.14. The van der Waals surface area contributed by atoms with Crippen LogP contribution in [0.3, 0.4) is 0 Å². The van der Waals surface area contributed by atoms with E-state index in [1.807, 2.05) is 6.07 Å². The quantitative estimate of drug-likeness (QED) is 0.651. The first-order chi connectivity index (χ1) is 6.29. The molecule has 0 radical (unpaired) electrons. The number of hydrogen-bond donors (Lipinski definition) is 1. The van der Waals surface area contributed by atoms with Gasteiger partial charge in [-0.15, -0.1) is 0 Å². The van der Waals surface area contributed by atoms with E-state index in [4.69, 9.17) is 9.76 Å². The summed E-state index contributed by atoms with van der Waals surface area (Å²) in [5.41, 5.74) is 1.28. The predicted molar refractivity (Wildman–Crippen MR) is 49.7 cm³/mol. The van der Waals surface area contributed by atoms with Crippen LogP contribution in [-0.2, 0) is 6.42 Å². The molecular weight excluding hydrogens is 167 g/mol. The first-order valence-corrected chi connectivity index (χ1v) is 4.27. The zero-order valence-corrected chi connectivity index (χ0v) is 7.12. The smallest absolute Gasteiger partial charge is 0.340 e. The highest BCUT2D eigenvalue weighted by Crippen LogP contribution is 2.28. The van der Waals surface area contributed by atoms with Crippen LogP contribution >= 0.6 is 0 Å². The van der Waals surface area contributed by atoms with E-state index in [0.717, 1.165) is 18.3 Å². The highest BCUT2D eigenvalue weighted by atomic mass is 16.4. The second-order valence-corrected chi connectivity index (χ2v) is 3.05. The standard InChI is InChI=1S/C9H9BO3/c11-9(12)7-3-1-2-6-4-5-10-13-8(6)7/h1-3,10H,4-5H2,(H,11,12). The predicted octanol–water partition coefficient (Wildman–Crippen LogP) is 1.09. The van der Waals surface area contributed by atoms with Crippen LogP contribution in [0, 0.1) is 0 Å². The van der Waals surface area contributed by atoms with E-state index in [9.17, 15) is 4.79 Å². The molecule has 0 aliphatic carbocycles. The molecule has 0 atom stereocenters. The van der Waals surface area contributed by atoms with Crippen LogP contribution in [0.1, 0.15) is 15.9 Å². The molecule has 3 nitrogen and oxygen atoms in total. The molecule has 0 saturated carbocycles. The van der Waals surface area contributed by atoms with Gasteiger partial charge in [0.1, 0.15) is 5.75 Å². The second-order valence-electron chi connectivity index (χ2n) is 3.05. The van der Waals surface area contributed by atoms with Crippen molar-refractivity contribution in [1.82, 2.24) is 0 Å². The Morgan fingerprint density at radius 3 is 3.15 bits per heavy atom. The Hall–Kier alpha value is -1.45. The molecule has 1 N–H and O–H groups in total. The van der Waals surface area contributed by atoms with Gasteiger partial charge in [-0.05, 0) is 24.4 Å².